The summed E-state index contributed by atoms with van der Waals surface area (Å²) in [7, 11) is 0. The van der Waals surface area contributed by atoms with Crippen LogP contribution in [0.25, 0.3) is 0 Å². The Hall–Kier alpha value is -1.14. The molecule has 22 heavy (non-hydrogen) atoms. The third-order valence-electron chi connectivity index (χ3n) is 4.24. The third-order valence-corrected chi connectivity index (χ3v) is 4.24. The monoisotopic (exact) mass is 328 g/mol. The Morgan fingerprint density at radius 2 is 2.18 bits per heavy atom. The Labute approximate surface area is 137 Å². The van der Waals surface area contributed by atoms with Gasteiger partial charge in [-0.1, -0.05) is 19.0 Å². The fourth-order valence-corrected chi connectivity index (χ4v) is 2.78. The molecule has 6 nitrogen and oxygen atoms in total. The molecule has 2 unspecified atom stereocenters. The summed E-state index contributed by atoms with van der Waals surface area (Å²) in [6.07, 6.45) is 5.04. The Morgan fingerprint density at radius 3 is 2.77 bits per heavy atom. The van der Waals surface area contributed by atoms with E-state index >= 15 is 0 Å². The normalized spacial score (nSPS) is 22.4. The second-order valence-electron chi connectivity index (χ2n) is 6.55. The predicted molar refractivity (Wildman–Crippen MR) is 84.9 cm³/mol. The lowest BCUT2D eigenvalue weighted by Crippen LogP contribution is -2.36. The molecule has 2 aliphatic rings. The second kappa shape index (κ2) is 7.42. The maximum Gasteiger partial charge on any atom is 0.249 e. The van der Waals surface area contributed by atoms with Crippen LogP contribution in [0.2, 0.25) is 0 Å². The van der Waals surface area contributed by atoms with E-state index in [1.807, 2.05) is 0 Å². The molecule has 1 aliphatic carbocycles. The average Bonchev–Trinajstić information content (AvgIpc) is 2.97. The maximum absolute atomic E-state index is 12.2. The van der Waals surface area contributed by atoms with Gasteiger partial charge in [0.2, 0.25) is 11.8 Å². The van der Waals surface area contributed by atoms with Crippen LogP contribution in [-0.4, -0.2) is 28.6 Å². The van der Waals surface area contributed by atoms with Gasteiger partial charge in [-0.05, 0) is 38.1 Å². The van der Waals surface area contributed by atoms with Crippen molar-refractivity contribution in [1.29, 1.82) is 0 Å². The fourth-order valence-electron chi connectivity index (χ4n) is 2.78. The highest BCUT2D eigenvalue weighted by atomic mass is 35.5. The first-order chi connectivity index (χ1) is 10.1. The number of amides is 1. The zero-order valence-electron chi connectivity index (χ0n) is 13.2. The Bertz CT molecular complexity index is 495. The minimum absolute atomic E-state index is 0. The first kappa shape index (κ1) is 17.2. The number of nitrogens with zero attached hydrogens (tertiary/aromatic N) is 2. The van der Waals surface area contributed by atoms with Gasteiger partial charge in [-0.25, -0.2) is 0 Å². The lowest BCUT2D eigenvalue weighted by molar-refractivity contribution is -0.122. The van der Waals surface area contributed by atoms with Gasteiger partial charge in [-0.15, -0.1) is 12.4 Å². The Balaban J connectivity index is 0.00000176. The maximum atomic E-state index is 12.2. The van der Waals surface area contributed by atoms with Crippen LogP contribution in [0, 0.1) is 5.92 Å². The van der Waals surface area contributed by atoms with Crippen LogP contribution in [0.3, 0.4) is 0 Å². The van der Waals surface area contributed by atoms with Crippen LogP contribution in [0.1, 0.15) is 69.6 Å². The Kier molecular flexibility index (Phi) is 5.81. The summed E-state index contributed by atoms with van der Waals surface area (Å²) >= 11 is 0. The van der Waals surface area contributed by atoms with E-state index in [4.69, 9.17) is 4.52 Å². The molecule has 2 atom stereocenters. The van der Waals surface area contributed by atoms with Crippen LogP contribution in [0.4, 0.5) is 0 Å². The summed E-state index contributed by atoms with van der Waals surface area (Å²) in [5.41, 5.74) is 0. The van der Waals surface area contributed by atoms with Crippen molar-refractivity contribution in [2.45, 2.75) is 64.0 Å². The molecule has 0 radical (unpaired) electrons. The summed E-state index contributed by atoms with van der Waals surface area (Å²) in [4.78, 5) is 16.7. The van der Waals surface area contributed by atoms with Gasteiger partial charge >= 0.3 is 0 Å². The van der Waals surface area contributed by atoms with Gasteiger partial charge in [0.1, 0.15) is 6.04 Å². The van der Waals surface area contributed by atoms with Crippen molar-refractivity contribution in [2.24, 2.45) is 5.92 Å². The number of rotatable bonds is 6. The standard InChI is InChI=1S/C15H24N4O2.ClH/c1-9(2)13(15-18-14(19-21-15)10-5-6-10)17-12(20)8-11-4-3-7-16-11;/h9-11,13,16H,3-8H2,1-2H3,(H,17,20);1H. The molecular formula is C15H25ClN4O2. The molecular weight excluding hydrogens is 304 g/mol. The molecule has 1 amide bonds. The molecule has 2 fully saturated rings. The average molecular weight is 329 g/mol. The number of halogens is 1. The van der Waals surface area contributed by atoms with Crippen molar-refractivity contribution in [1.82, 2.24) is 20.8 Å². The molecule has 7 heteroatoms. The molecule has 2 N–H and O–H groups in total. The van der Waals surface area contributed by atoms with Crippen molar-refractivity contribution in [2.75, 3.05) is 6.54 Å². The summed E-state index contributed by atoms with van der Waals surface area (Å²) in [6, 6.07) is 0.112. The quantitative estimate of drug-likeness (QED) is 0.837. The lowest BCUT2D eigenvalue weighted by atomic mass is 10.0. The lowest BCUT2D eigenvalue weighted by Gasteiger charge is -2.19. The highest BCUT2D eigenvalue weighted by Gasteiger charge is 2.32. The first-order valence-corrected chi connectivity index (χ1v) is 7.99. The van der Waals surface area contributed by atoms with Crippen molar-refractivity contribution < 1.29 is 9.32 Å². The minimum atomic E-state index is -0.195. The molecule has 1 saturated heterocycles. The van der Waals surface area contributed by atoms with Gasteiger partial charge < -0.3 is 15.2 Å². The summed E-state index contributed by atoms with van der Waals surface area (Å²) < 4.78 is 5.37. The van der Waals surface area contributed by atoms with Gasteiger partial charge in [0.15, 0.2) is 5.82 Å². The van der Waals surface area contributed by atoms with E-state index in [9.17, 15) is 4.79 Å². The molecule has 1 aromatic rings. The molecule has 124 valence electrons. The molecule has 2 heterocycles. The number of nitrogens with one attached hydrogen (secondary N) is 2. The Morgan fingerprint density at radius 1 is 1.41 bits per heavy atom. The molecule has 1 aliphatic heterocycles. The summed E-state index contributed by atoms with van der Waals surface area (Å²) in [5.74, 6) is 2.08. The number of hydrogen-bond donors (Lipinski definition) is 2. The van der Waals surface area contributed by atoms with Crippen LogP contribution in [-0.2, 0) is 4.79 Å². The fraction of sp³-hybridized carbons (Fsp3) is 0.800. The van der Waals surface area contributed by atoms with Crippen molar-refractivity contribution in [3.63, 3.8) is 0 Å². The highest BCUT2D eigenvalue weighted by Crippen LogP contribution is 2.38. The number of hydrogen-bond acceptors (Lipinski definition) is 5. The summed E-state index contributed by atoms with van der Waals surface area (Å²) in [6.45, 7) is 5.12. The van der Waals surface area contributed by atoms with Gasteiger partial charge in [0.25, 0.3) is 0 Å². The smallest absolute Gasteiger partial charge is 0.249 e. The molecule has 1 aromatic heterocycles. The van der Waals surface area contributed by atoms with Gasteiger partial charge in [-0.2, -0.15) is 4.98 Å². The van der Waals surface area contributed by atoms with Crippen LogP contribution >= 0.6 is 12.4 Å². The number of carbonyl (C=O) groups is 1. The van der Waals surface area contributed by atoms with E-state index in [0.717, 1.165) is 38.1 Å². The van der Waals surface area contributed by atoms with Crippen molar-refractivity contribution in [3.8, 4) is 0 Å². The SMILES string of the molecule is CC(C)C(NC(=O)CC1CCCN1)c1nc(C2CC2)no1.Cl. The van der Waals surface area contributed by atoms with E-state index in [2.05, 4.69) is 34.6 Å². The molecule has 3 rings (SSSR count). The third kappa shape index (κ3) is 4.20. The second-order valence-corrected chi connectivity index (χ2v) is 6.55. The molecule has 0 spiro atoms. The molecule has 0 aromatic carbocycles. The molecule has 0 bridgehead atoms. The van der Waals surface area contributed by atoms with Crippen molar-refractivity contribution >= 4 is 18.3 Å². The van der Waals surface area contributed by atoms with Crippen molar-refractivity contribution in [3.05, 3.63) is 11.7 Å². The highest BCUT2D eigenvalue weighted by molar-refractivity contribution is 5.85. The topological polar surface area (TPSA) is 80.0 Å². The van der Waals surface area contributed by atoms with Crippen LogP contribution in [0.15, 0.2) is 4.52 Å². The minimum Gasteiger partial charge on any atom is -0.344 e. The summed E-state index contributed by atoms with van der Waals surface area (Å²) in [5, 5.41) is 10.4. The van der Waals surface area contributed by atoms with E-state index in [1.165, 1.54) is 0 Å². The van der Waals surface area contributed by atoms with E-state index in [-0.39, 0.29) is 30.3 Å². The first-order valence-electron chi connectivity index (χ1n) is 7.99. The van der Waals surface area contributed by atoms with Crippen LogP contribution in [0.5, 0.6) is 0 Å². The molecule has 1 saturated carbocycles. The zero-order chi connectivity index (χ0) is 14.8. The number of carbonyl (C=O) groups excluding carboxylic acids is 1. The largest absolute Gasteiger partial charge is 0.344 e. The van der Waals surface area contributed by atoms with E-state index < -0.39 is 0 Å². The number of aromatic nitrogens is 2. The predicted octanol–water partition coefficient (Wildman–Crippen LogP) is 2.32. The van der Waals surface area contributed by atoms with Crippen LogP contribution < -0.4 is 10.6 Å². The zero-order valence-corrected chi connectivity index (χ0v) is 14.0. The van der Waals surface area contributed by atoms with E-state index in [0.29, 0.717) is 24.3 Å². The van der Waals surface area contributed by atoms with E-state index in [1.54, 1.807) is 0 Å². The van der Waals surface area contributed by atoms with Gasteiger partial charge in [-0.3, -0.25) is 4.79 Å². The van der Waals surface area contributed by atoms with Gasteiger partial charge in [0.05, 0.1) is 0 Å². The van der Waals surface area contributed by atoms with Gasteiger partial charge in [0, 0.05) is 18.4 Å².